The number of ether oxygens (including phenoxy) is 2. The number of methoxy groups -OCH3 is 1. The van der Waals surface area contributed by atoms with Crippen LogP contribution in [0, 0.1) is 0 Å². The zero-order chi connectivity index (χ0) is 12.8. The van der Waals surface area contributed by atoms with E-state index in [9.17, 15) is 0 Å². The second-order valence-electron chi connectivity index (χ2n) is 3.56. The van der Waals surface area contributed by atoms with Gasteiger partial charge in [-0.3, -0.25) is 0 Å². The molecule has 0 aliphatic heterocycles. The summed E-state index contributed by atoms with van der Waals surface area (Å²) < 4.78 is 11.0. The van der Waals surface area contributed by atoms with E-state index in [0.717, 1.165) is 5.56 Å². The van der Waals surface area contributed by atoms with E-state index >= 15 is 0 Å². The van der Waals surface area contributed by atoms with Gasteiger partial charge in [0.25, 0.3) is 0 Å². The molecule has 0 unspecified atom stereocenters. The zero-order valence-corrected chi connectivity index (χ0v) is 10.8. The molecule has 0 aliphatic rings. The second-order valence-corrected chi connectivity index (χ2v) is 4.59. The third kappa shape index (κ3) is 3.01. The van der Waals surface area contributed by atoms with Crippen LogP contribution in [0.2, 0.25) is 0 Å². The second kappa shape index (κ2) is 6.07. The summed E-state index contributed by atoms with van der Waals surface area (Å²) in [7, 11) is 1.61. The summed E-state index contributed by atoms with van der Waals surface area (Å²) in [5, 5.41) is 5.50. The highest BCUT2D eigenvalue weighted by Crippen LogP contribution is 2.28. The molecule has 2 rings (SSSR count). The van der Waals surface area contributed by atoms with E-state index in [1.54, 1.807) is 24.7 Å². The van der Waals surface area contributed by atoms with Crippen LogP contribution in [0.4, 0.5) is 0 Å². The van der Waals surface area contributed by atoms with Crippen molar-refractivity contribution in [3.8, 4) is 11.5 Å². The molecule has 0 bridgehead atoms. The van der Waals surface area contributed by atoms with Crippen molar-refractivity contribution in [2.45, 2.75) is 6.61 Å². The van der Waals surface area contributed by atoms with Gasteiger partial charge >= 0.3 is 0 Å². The van der Waals surface area contributed by atoms with Gasteiger partial charge in [0.2, 0.25) is 0 Å². The van der Waals surface area contributed by atoms with Crippen molar-refractivity contribution >= 4 is 17.6 Å². The lowest BCUT2D eigenvalue weighted by Gasteiger charge is -2.10. The number of thiophene rings is 1. The average Bonchev–Trinajstić information content (AvgIpc) is 2.90. The van der Waals surface area contributed by atoms with Crippen molar-refractivity contribution in [2.75, 3.05) is 7.11 Å². The molecule has 1 aromatic carbocycles. The molecule has 5 heteroatoms. The van der Waals surface area contributed by atoms with Crippen molar-refractivity contribution in [1.82, 2.24) is 0 Å². The Labute approximate surface area is 110 Å². The van der Waals surface area contributed by atoms with E-state index in [1.807, 2.05) is 35.7 Å². The maximum Gasteiger partial charge on any atom is 0.161 e. The number of nitrogens with two attached hydrogens (primary N) is 1. The van der Waals surface area contributed by atoms with Crippen molar-refractivity contribution in [3.05, 3.63) is 46.2 Å². The van der Waals surface area contributed by atoms with Crippen LogP contribution >= 0.6 is 11.3 Å². The molecule has 0 saturated carbocycles. The average molecular weight is 262 g/mol. The van der Waals surface area contributed by atoms with E-state index < -0.39 is 0 Å². The summed E-state index contributed by atoms with van der Waals surface area (Å²) in [5.41, 5.74) is 0.873. The number of hydrogen-bond donors (Lipinski definition) is 1. The summed E-state index contributed by atoms with van der Waals surface area (Å²) >= 11 is 1.66. The zero-order valence-electron chi connectivity index (χ0n) is 10.00. The van der Waals surface area contributed by atoms with E-state index in [4.69, 9.17) is 15.3 Å². The van der Waals surface area contributed by atoms with Crippen LogP contribution in [0.25, 0.3) is 0 Å². The van der Waals surface area contributed by atoms with Gasteiger partial charge in [-0.05, 0) is 35.2 Å². The number of rotatable bonds is 5. The fourth-order valence-electron chi connectivity index (χ4n) is 1.51. The minimum Gasteiger partial charge on any atom is -0.493 e. The van der Waals surface area contributed by atoms with Crippen molar-refractivity contribution in [1.29, 1.82) is 0 Å². The maximum atomic E-state index is 5.72. The molecule has 94 valence electrons. The molecule has 0 saturated heterocycles. The Bertz CT molecular complexity index is 524. The SMILES string of the molecule is COc1cc(C=NN)ccc1OCc1cccs1. The molecule has 4 nitrogen and oxygen atoms in total. The van der Waals surface area contributed by atoms with Gasteiger partial charge in [0, 0.05) is 4.88 Å². The van der Waals surface area contributed by atoms with E-state index in [1.165, 1.54) is 4.88 Å². The Morgan fingerprint density at radius 2 is 2.22 bits per heavy atom. The molecule has 0 fully saturated rings. The molecule has 0 atom stereocenters. The number of hydrazone groups is 1. The Morgan fingerprint density at radius 3 is 2.89 bits per heavy atom. The van der Waals surface area contributed by atoms with Crippen molar-refractivity contribution in [2.24, 2.45) is 10.9 Å². The Kier molecular flexibility index (Phi) is 4.20. The van der Waals surface area contributed by atoms with Gasteiger partial charge in [-0.2, -0.15) is 5.10 Å². The molecule has 0 aliphatic carbocycles. The summed E-state index contributed by atoms with van der Waals surface area (Å²) in [6.07, 6.45) is 1.56. The molecule has 1 aromatic heterocycles. The largest absolute Gasteiger partial charge is 0.493 e. The number of nitrogens with zero attached hydrogens (tertiary/aromatic N) is 1. The van der Waals surface area contributed by atoms with Gasteiger partial charge in [-0.25, -0.2) is 0 Å². The van der Waals surface area contributed by atoms with Gasteiger partial charge < -0.3 is 15.3 Å². The minimum absolute atomic E-state index is 0.540. The van der Waals surface area contributed by atoms with Crippen LogP contribution in [0.15, 0.2) is 40.8 Å². The molecule has 2 aromatic rings. The minimum atomic E-state index is 0.540. The van der Waals surface area contributed by atoms with Crippen LogP contribution in [0.3, 0.4) is 0 Å². The summed E-state index contributed by atoms with van der Waals surface area (Å²) in [6, 6.07) is 9.60. The normalized spacial score (nSPS) is 10.7. The third-order valence-electron chi connectivity index (χ3n) is 2.36. The van der Waals surface area contributed by atoms with Crippen molar-refractivity contribution < 1.29 is 9.47 Å². The lowest BCUT2D eigenvalue weighted by atomic mass is 10.2. The number of hydrogen-bond acceptors (Lipinski definition) is 5. The van der Waals surface area contributed by atoms with E-state index in [-0.39, 0.29) is 0 Å². The molecule has 0 amide bonds. The molecule has 0 radical (unpaired) electrons. The standard InChI is InChI=1S/C13H14N2O2S/c1-16-13-7-10(8-15-14)4-5-12(13)17-9-11-3-2-6-18-11/h2-8H,9,14H2,1H3. The van der Waals surface area contributed by atoms with Crippen LogP contribution in [0.5, 0.6) is 11.5 Å². The van der Waals surface area contributed by atoms with Crippen LogP contribution in [-0.4, -0.2) is 13.3 Å². The molecular formula is C13H14N2O2S. The predicted octanol–water partition coefficient (Wildman–Crippen LogP) is 2.63. The number of benzene rings is 1. The highest BCUT2D eigenvalue weighted by Gasteiger charge is 2.05. The summed E-state index contributed by atoms with van der Waals surface area (Å²) in [5.74, 6) is 6.49. The first-order valence-corrected chi connectivity index (χ1v) is 6.28. The van der Waals surface area contributed by atoms with Gasteiger partial charge in [0.15, 0.2) is 11.5 Å². The van der Waals surface area contributed by atoms with Crippen molar-refractivity contribution in [3.63, 3.8) is 0 Å². The van der Waals surface area contributed by atoms with Gasteiger partial charge in [-0.15, -0.1) is 11.3 Å². The molecule has 18 heavy (non-hydrogen) atoms. The van der Waals surface area contributed by atoms with Crippen LogP contribution < -0.4 is 15.3 Å². The Balaban J connectivity index is 2.12. The van der Waals surface area contributed by atoms with E-state index in [0.29, 0.717) is 18.1 Å². The smallest absolute Gasteiger partial charge is 0.161 e. The first kappa shape index (κ1) is 12.4. The summed E-state index contributed by atoms with van der Waals surface area (Å²) in [4.78, 5) is 1.17. The first-order chi connectivity index (χ1) is 8.83. The monoisotopic (exact) mass is 262 g/mol. The quantitative estimate of drug-likeness (QED) is 0.512. The molecular weight excluding hydrogens is 248 g/mol. The lowest BCUT2D eigenvalue weighted by molar-refractivity contribution is 0.287. The topological polar surface area (TPSA) is 56.8 Å². The van der Waals surface area contributed by atoms with Gasteiger partial charge in [0.05, 0.1) is 13.3 Å². The Morgan fingerprint density at radius 1 is 1.33 bits per heavy atom. The van der Waals surface area contributed by atoms with Gasteiger partial charge in [0.1, 0.15) is 6.61 Å². The first-order valence-electron chi connectivity index (χ1n) is 5.40. The predicted molar refractivity (Wildman–Crippen MR) is 73.4 cm³/mol. The highest BCUT2D eigenvalue weighted by molar-refractivity contribution is 7.09. The van der Waals surface area contributed by atoms with E-state index in [2.05, 4.69) is 5.10 Å². The fourth-order valence-corrected chi connectivity index (χ4v) is 2.13. The lowest BCUT2D eigenvalue weighted by Crippen LogP contribution is -1.97. The summed E-state index contributed by atoms with van der Waals surface area (Å²) in [6.45, 7) is 0.540. The Hall–Kier alpha value is -2.01. The van der Waals surface area contributed by atoms with Gasteiger partial charge in [-0.1, -0.05) is 6.07 Å². The molecule has 0 spiro atoms. The molecule has 1 heterocycles. The van der Waals surface area contributed by atoms with Crippen LogP contribution in [0.1, 0.15) is 10.4 Å². The fraction of sp³-hybridized carbons (Fsp3) is 0.154. The van der Waals surface area contributed by atoms with Crippen LogP contribution in [-0.2, 0) is 6.61 Å². The maximum absolute atomic E-state index is 5.72. The third-order valence-corrected chi connectivity index (χ3v) is 3.21. The highest BCUT2D eigenvalue weighted by atomic mass is 32.1. The molecule has 2 N–H and O–H groups in total.